The molecule has 3 N–H and O–H groups in total. The summed E-state index contributed by atoms with van der Waals surface area (Å²) in [4.78, 5) is 0. The van der Waals surface area contributed by atoms with Gasteiger partial charge in [-0.3, -0.25) is 0 Å². The van der Waals surface area contributed by atoms with Crippen LogP contribution in [0.15, 0.2) is 12.3 Å². The van der Waals surface area contributed by atoms with Crippen LogP contribution in [-0.2, 0) is 9.47 Å². The highest BCUT2D eigenvalue weighted by atomic mass is 16.6. The third kappa shape index (κ3) is 8.15. The zero-order valence-electron chi connectivity index (χ0n) is 14.4. The molecule has 1 aliphatic rings. The Labute approximate surface area is 140 Å². The minimum absolute atomic E-state index is 0.172. The van der Waals surface area contributed by atoms with Gasteiger partial charge in [0.2, 0.25) is 0 Å². The first-order valence-electron chi connectivity index (χ1n) is 9.09. The number of hydrogen-bond donors (Lipinski definition) is 3. The van der Waals surface area contributed by atoms with E-state index in [2.05, 4.69) is 6.92 Å². The van der Waals surface area contributed by atoms with Crippen molar-refractivity contribution in [1.82, 2.24) is 0 Å². The average molecular weight is 330 g/mol. The first-order valence-corrected chi connectivity index (χ1v) is 9.09. The van der Waals surface area contributed by atoms with Gasteiger partial charge in [-0.25, -0.2) is 0 Å². The molecule has 0 amide bonds. The van der Waals surface area contributed by atoms with Crippen LogP contribution in [-0.4, -0.2) is 52.9 Å². The van der Waals surface area contributed by atoms with Gasteiger partial charge in [0.05, 0.1) is 19.5 Å². The predicted molar refractivity (Wildman–Crippen MR) is 90.1 cm³/mol. The number of rotatable bonds is 12. The Morgan fingerprint density at radius 1 is 1.00 bits per heavy atom. The summed E-state index contributed by atoms with van der Waals surface area (Å²) >= 11 is 0. The maximum Gasteiger partial charge on any atom is 0.149 e. The van der Waals surface area contributed by atoms with Gasteiger partial charge in [0, 0.05) is 0 Å². The van der Waals surface area contributed by atoms with E-state index < -0.39 is 24.4 Å². The fourth-order valence-electron chi connectivity index (χ4n) is 2.76. The summed E-state index contributed by atoms with van der Waals surface area (Å²) in [5.41, 5.74) is 0. The van der Waals surface area contributed by atoms with Crippen LogP contribution in [0.3, 0.4) is 0 Å². The van der Waals surface area contributed by atoms with Crippen molar-refractivity contribution in [3.8, 4) is 0 Å². The lowest BCUT2D eigenvalue weighted by molar-refractivity contribution is -0.196. The zero-order chi connectivity index (χ0) is 16.9. The lowest BCUT2D eigenvalue weighted by Crippen LogP contribution is -2.54. The van der Waals surface area contributed by atoms with Crippen LogP contribution in [0, 0.1) is 0 Å². The van der Waals surface area contributed by atoms with Gasteiger partial charge in [-0.2, -0.15) is 0 Å². The molecule has 0 aromatic heterocycles. The standard InChI is InChI=1S/C18H34O5/c1-2-3-4-5-6-7-8-9-10-11-12-22-16-14-23-15(13-19)17(20)18(16)21/h11-12,15-21H,2-10,13-14H2,1H3/b12-11+/t15-,16+,17-,18-/m0/s1. The molecular formula is C18H34O5. The Balaban J connectivity index is 2.02. The molecule has 1 heterocycles. The second-order valence-corrected chi connectivity index (χ2v) is 6.35. The molecular weight excluding hydrogens is 296 g/mol. The normalized spacial score (nSPS) is 28.3. The minimum atomic E-state index is -1.11. The number of hydrogen-bond acceptors (Lipinski definition) is 5. The lowest BCUT2D eigenvalue weighted by atomic mass is 10.0. The molecule has 4 atom stereocenters. The molecule has 0 saturated carbocycles. The molecule has 1 fully saturated rings. The van der Waals surface area contributed by atoms with Crippen LogP contribution in [0.5, 0.6) is 0 Å². The smallest absolute Gasteiger partial charge is 0.149 e. The van der Waals surface area contributed by atoms with Gasteiger partial charge in [-0.1, -0.05) is 51.9 Å². The molecule has 23 heavy (non-hydrogen) atoms. The molecule has 5 heteroatoms. The third-order valence-electron chi connectivity index (χ3n) is 4.34. The third-order valence-corrected chi connectivity index (χ3v) is 4.34. The summed E-state index contributed by atoms with van der Waals surface area (Å²) < 4.78 is 10.7. The Kier molecular flexibility index (Phi) is 11.3. The number of aliphatic hydroxyl groups is 3. The highest BCUT2D eigenvalue weighted by Gasteiger charge is 2.38. The number of allylic oxidation sites excluding steroid dienone is 1. The van der Waals surface area contributed by atoms with Crippen molar-refractivity contribution in [3.63, 3.8) is 0 Å². The Hall–Kier alpha value is -0.620. The van der Waals surface area contributed by atoms with Crippen LogP contribution in [0.25, 0.3) is 0 Å². The van der Waals surface area contributed by atoms with E-state index in [9.17, 15) is 10.2 Å². The van der Waals surface area contributed by atoms with E-state index in [-0.39, 0.29) is 13.2 Å². The van der Waals surface area contributed by atoms with Crippen LogP contribution in [0.2, 0.25) is 0 Å². The van der Waals surface area contributed by atoms with Crippen molar-refractivity contribution in [2.45, 2.75) is 89.1 Å². The topological polar surface area (TPSA) is 79.2 Å². The van der Waals surface area contributed by atoms with Crippen molar-refractivity contribution in [3.05, 3.63) is 12.3 Å². The summed E-state index contributed by atoms with van der Waals surface area (Å²) in [6, 6.07) is 0. The minimum Gasteiger partial charge on any atom is -0.493 e. The maximum absolute atomic E-state index is 9.90. The van der Waals surface area contributed by atoms with Crippen LogP contribution >= 0.6 is 0 Å². The molecule has 1 aliphatic heterocycles. The van der Waals surface area contributed by atoms with E-state index in [1.54, 1.807) is 6.26 Å². The highest BCUT2D eigenvalue weighted by Crippen LogP contribution is 2.18. The molecule has 5 nitrogen and oxygen atoms in total. The highest BCUT2D eigenvalue weighted by molar-refractivity contribution is 4.89. The van der Waals surface area contributed by atoms with E-state index in [1.807, 2.05) is 6.08 Å². The summed E-state index contributed by atoms with van der Waals surface area (Å²) in [5.74, 6) is 0. The summed E-state index contributed by atoms with van der Waals surface area (Å²) in [6.45, 7) is 2.10. The molecule has 136 valence electrons. The molecule has 0 aromatic carbocycles. The van der Waals surface area contributed by atoms with Gasteiger partial charge >= 0.3 is 0 Å². The second-order valence-electron chi connectivity index (χ2n) is 6.35. The van der Waals surface area contributed by atoms with Crippen LogP contribution in [0.1, 0.15) is 64.7 Å². The monoisotopic (exact) mass is 330 g/mol. The molecule has 0 bridgehead atoms. The Morgan fingerprint density at radius 3 is 2.30 bits per heavy atom. The number of aliphatic hydroxyl groups excluding tert-OH is 3. The molecule has 0 aliphatic carbocycles. The van der Waals surface area contributed by atoms with Crippen molar-refractivity contribution in [1.29, 1.82) is 0 Å². The Bertz CT molecular complexity index is 308. The van der Waals surface area contributed by atoms with Crippen molar-refractivity contribution >= 4 is 0 Å². The van der Waals surface area contributed by atoms with Crippen molar-refractivity contribution in [2.75, 3.05) is 13.2 Å². The first-order chi connectivity index (χ1) is 11.2. The quantitative estimate of drug-likeness (QED) is 0.378. The Morgan fingerprint density at radius 2 is 1.65 bits per heavy atom. The maximum atomic E-state index is 9.90. The summed E-state index contributed by atoms with van der Waals surface area (Å²) in [6.07, 6.45) is 11.4. The largest absolute Gasteiger partial charge is 0.493 e. The van der Waals surface area contributed by atoms with Crippen LogP contribution in [0.4, 0.5) is 0 Å². The molecule has 0 aromatic rings. The van der Waals surface area contributed by atoms with E-state index in [0.717, 1.165) is 12.8 Å². The van der Waals surface area contributed by atoms with E-state index in [0.29, 0.717) is 0 Å². The molecule has 1 rings (SSSR count). The van der Waals surface area contributed by atoms with Gasteiger partial charge in [0.1, 0.15) is 24.4 Å². The van der Waals surface area contributed by atoms with Crippen LogP contribution < -0.4 is 0 Å². The predicted octanol–water partition coefficient (Wildman–Crippen LogP) is 2.53. The van der Waals surface area contributed by atoms with Gasteiger partial charge in [0.15, 0.2) is 0 Å². The zero-order valence-corrected chi connectivity index (χ0v) is 14.4. The summed E-state index contributed by atoms with van der Waals surface area (Å²) in [5, 5.41) is 28.6. The number of ether oxygens (including phenoxy) is 2. The van der Waals surface area contributed by atoms with Crippen molar-refractivity contribution in [2.24, 2.45) is 0 Å². The van der Waals surface area contributed by atoms with E-state index in [1.165, 1.54) is 44.9 Å². The summed E-state index contributed by atoms with van der Waals surface area (Å²) in [7, 11) is 0. The van der Waals surface area contributed by atoms with Crippen molar-refractivity contribution < 1.29 is 24.8 Å². The fourth-order valence-corrected chi connectivity index (χ4v) is 2.76. The lowest BCUT2D eigenvalue weighted by Gasteiger charge is -2.36. The fraction of sp³-hybridized carbons (Fsp3) is 0.889. The SMILES string of the molecule is CCCCCCCCCC/C=C/O[C@@H]1CO[C@@H](CO)[C@H](O)[C@H]1O. The van der Waals surface area contributed by atoms with Gasteiger partial charge < -0.3 is 24.8 Å². The van der Waals surface area contributed by atoms with E-state index >= 15 is 0 Å². The van der Waals surface area contributed by atoms with Gasteiger partial charge in [-0.15, -0.1) is 0 Å². The molecule has 0 spiro atoms. The number of unbranched alkanes of at least 4 members (excludes halogenated alkanes) is 8. The first kappa shape index (κ1) is 20.4. The van der Waals surface area contributed by atoms with E-state index in [4.69, 9.17) is 14.6 Å². The molecule has 1 saturated heterocycles. The second kappa shape index (κ2) is 12.8. The van der Waals surface area contributed by atoms with Gasteiger partial charge in [0.25, 0.3) is 0 Å². The van der Waals surface area contributed by atoms with Gasteiger partial charge in [-0.05, 0) is 18.9 Å². The molecule has 0 unspecified atom stereocenters. The molecule has 0 radical (unpaired) electrons. The average Bonchev–Trinajstić information content (AvgIpc) is 2.56.